The SMILES string of the molecule is Cc1cccnc1COc1cccc(Cl)c1CNC1CC1. The van der Waals surface area contributed by atoms with E-state index >= 15 is 0 Å². The van der Waals surface area contributed by atoms with Gasteiger partial charge in [-0.05, 0) is 43.5 Å². The summed E-state index contributed by atoms with van der Waals surface area (Å²) < 4.78 is 5.95. The van der Waals surface area contributed by atoms with E-state index in [1.54, 1.807) is 6.20 Å². The van der Waals surface area contributed by atoms with Crippen LogP contribution in [0.5, 0.6) is 5.75 Å². The van der Waals surface area contributed by atoms with Crippen LogP contribution in [-0.4, -0.2) is 11.0 Å². The third kappa shape index (κ3) is 3.74. The first kappa shape index (κ1) is 14.4. The molecule has 1 aliphatic carbocycles. The molecule has 110 valence electrons. The lowest BCUT2D eigenvalue weighted by atomic mass is 10.2. The Kier molecular flexibility index (Phi) is 4.42. The Hall–Kier alpha value is -1.58. The van der Waals surface area contributed by atoms with E-state index in [1.165, 1.54) is 12.8 Å². The number of halogens is 1. The molecule has 0 bridgehead atoms. The van der Waals surface area contributed by atoms with E-state index in [0.717, 1.165) is 34.1 Å². The van der Waals surface area contributed by atoms with Crippen LogP contribution in [0.4, 0.5) is 0 Å². The quantitative estimate of drug-likeness (QED) is 0.879. The molecule has 1 heterocycles. The molecule has 1 aromatic carbocycles. The predicted molar refractivity (Wildman–Crippen MR) is 84.6 cm³/mol. The molecule has 21 heavy (non-hydrogen) atoms. The van der Waals surface area contributed by atoms with Crippen molar-refractivity contribution in [2.75, 3.05) is 0 Å². The molecule has 1 N–H and O–H groups in total. The topological polar surface area (TPSA) is 34.1 Å². The number of nitrogens with zero attached hydrogens (tertiary/aromatic N) is 1. The van der Waals surface area contributed by atoms with E-state index < -0.39 is 0 Å². The zero-order valence-corrected chi connectivity index (χ0v) is 12.9. The Labute approximate surface area is 130 Å². The summed E-state index contributed by atoms with van der Waals surface area (Å²) in [5.74, 6) is 0.834. The normalized spacial score (nSPS) is 14.2. The third-order valence-electron chi connectivity index (χ3n) is 3.70. The Morgan fingerprint density at radius 2 is 2.14 bits per heavy atom. The van der Waals surface area contributed by atoms with Crippen molar-refractivity contribution in [3.05, 3.63) is 58.4 Å². The molecular weight excluding hydrogens is 284 g/mol. The highest BCUT2D eigenvalue weighted by Crippen LogP contribution is 2.28. The first-order valence-electron chi connectivity index (χ1n) is 7.28. The number of nitrogens with one attached hydrogen (secondary N) is 1. The molecule has 0 radical (unpaired) electrons. The number of hydrogen-bond donors (Lipinski definition) is 1. The Bertz CT molecular complexity index is 626. The van der Waals surface area contributed by atoms with Gasteiger partial charge in [0.25, 0.3) is 0 Å². The molecule has 3 rings (SSSR count). The number of rotatable bonds is 6. The summed E-state index contributed by atoms with van der Waals surface area (Å²) in [7, 11) is 0. The van der Waals surface area contributed by atoms with E-state index in [2.05, 4.69) is 10.3 Å². The maximum Gasteiger partial charge on any atom is 0.130 e. The van der Waals surface area contributed by atoms with Gasteiger partial charge in [0.2, 0.25) is 0 Å². The second-order valence-electron chi connectivity index (χ2n) is 5.43. The lowest BCUT2D eigenvalue weighted by Crippen LogP contribution is -2.16. The third-order valence-corrected chi connectivity index (χ3v) is 4.06. The predicted octanol–water partition coefficient (Wildman–Crippen LogP) is 3.87. The van der Waals surface area contributed by atoms with Crippen LogP contribution in [0, 0.1) is 6.92 Å². The second-order valence-corrected chi connectivity index (χ2v) is 5.83. The molecule has 0 amide bonds. The average Bonchev–Trinajstić information content (AvgIpc) is 3.30. The van der Waals surface area contributed by atoms with Gasteiger partial charge in [-0.15, -0.1) is 0 Å². The molecule has 0 unspecified atom stereocenters. The van der Waals surface area contributed by atoms with Crippen LogP contribution in [0.2, 0.25) is 5.02 Å². The molecule has 1 aromatic heterocycles. The largest absolute Gasteiger partial charge is 0.487 e. The highest BCUT2D eigenvalue weighted by molar-refractivity contribution is 6.31. The highest BCUT2D eigenvalue weighted by Gasteiger charge is 2.21. The molecule has 4 heteroatoms. The van der Waals surface area contributed by atoms with Crippen molar-refractivity contribution in [1.29, 1.82) is 0 Å². The summed E-state index contributed by atoms with van der Waals surface area (Å²) in [5.41, 5.74) is 3.12. The van der Waals surface area contributed by atoms with Crippen LogP contribution >= 0.6 is 11.6 Å². The monoisotopic (exact) mass is 302 g/mol. The van der Waals surface area contributed by atoms with Gasteiger partial charge in [0.15, 0.2) is 0 Å². The van der Waals surface area contributed by atoms with E-state index in [0.29, 0.717) is 12.6 Å². The van der Waals surface area contributed by atoms with Gasteiger partial charge in [0.05, 0.1) is 5.69 Å². The molecular formula is C17H19ClN2O. The van der Waals surface area contributed by atoms with Crippen molar-refractivity contribution >= 4 is 11.6 Å². The van der Waals surface area contributed by atoms with Gasteiger partial charge < -0.3 is 10.1 Å². The van der Waals surface area contributed by atoms with Gasteiger partial charge in [-0.2, -0.15) is 0 Å². The van der Waals surface area contributed by atoms with Crippen LogP contribution < -0.4 is 10.1 Å². The molecule has 0 spiro atoms. The molecule has 1 fully saturated rings. The molecule has 0 aliphatic heterocycles. The standard InChI is InChI=1S/C17H19ClN2O/c1-12-4-3-9-19-16(12)11-21-17-6-2-5-15(18)14(17)10-20-13-7-8-13/h2-6,9,13,20H,7-8,10-11H2,1H3. The highest BCUT2D eigenvalue weighted by atomic mass is 35.5. The van der Waals surface area contributed by atoms with Crippen molar-refractivity contribution in [2.45, 2.75) is 39.0 Å². The van der Waals surface area contributed by atoms with Crippen molar-refractivity contribution in [1.82, 2.24) is 10.3 Å². The van der Waals surface area contributed by atoms with E-state index in [4.69, 9.17) is 16.3 Å². The van der Waals surface area contributed by atoms with Gasteiger partial charge in [-0.25, -0.2) is 0 Å². The first-order valence-corrected chi connectivity index (χ1v) is 7.66. The first-order chi connectivity index (χ1) is 10.2. The van der Waals surface area contributed by atoms with Crippen molar-refractivity contribution in [3.63, 3.8) is 0 Å². The summed E-state index contributed by atoms with van der Waals surface area (Å²) in [6.45, 7) is 3.25. The van der Waals surface area contributed by atoms with Gasteiger partial charge in [-0.1, -0.05) is 23.7 Å². The molecule has 1 aliphatic rings. The van der Waals surface area contributed by atoms with E-state index in [1.807, 2.05) is 37.3 Å². The minimum Gasteiger partial charge on any atom is -0.487 e. The number of benzene rings is 1. The smallest absolute Gasteiger partial charge is 0.130 e. The fourth-order valence-corrected chi connectivity index (χ4v) is 2.43. The molecule has 0 atom stereocenters. The number of aryl methyl sites for hydroxylation is 1. The fourth-order valence-electron chi connectivity index (χ4n) is 2.20. The molecule has 3 nitrogen and oxygen atoms in total. The average molecular weight is 303 g/mol. The van der Waals surface area contributed by atoms with Crippen LogP contribution in [0.1, 0.15) is 29.7 Å². The van der Waals surface area contributed by atoms with Gasteiger partial charge in [-0.3, -0.25) is 4.98 Å². The summed E-state index contributed by atoms with van der Waals surface area (Å²) in [5, 5.41) is 4.23. The van der Waals surface area contributed by atoms with Crippen LogP contribution in [0.3, 0.4) is 0 Å². The lowest BCUT2D eigenvalue weighted by Gasteiger charge is -2.14. The van der Waals surface area contributed by atoms with Crippen molar-refractivity contribution < 1.29 is 4.74 Å². The summed E-state index contributed by atoms with van der Waals surface area (Å²) in [4.78, 5) is 4.36. The lowest BCUT2D eigenvalue weighted by molar-refractivity contribution is 0.296. The maximum absolute atomic E-state index is 6.31. The molecule has 2 aromatic rings. The van der Waals surface area contributed by atoms with E-state index in [-0.39, 0.29) is 0 Å². The van der Waals surface area contributed by atoms with Crippen LogP contribution in [-0.2, 0) is 13.2 Å². The summed E-state index contributed by atoms with van der Waals surface area (Å²) >= 11 is 6.31. The minimum absolute atomic E-state index is 0.462. The Morgan fingerprint density at radius 3 is 2.90 bits per heavy atom. The number of aromatic nitrogens is 1. The van der Waals surface area contributed by atoms with Crippen molar-refractivity contribution in [3.8, 4) is 5.75 Å². The second kappa shape index (κ2) is 6.46. The zero-order chi connectivity index (χ0) is 14.7. The van der Waals surface area contributed by atoms with Gasteiger partial charge in [0, 0.05) is 29.4 Å². The number of pyridine rings is 1. The fraction of sp³-hybridized carbons (Fsp3) is 0.353. The Balaban J connectivity index is 1.71. The van der Waals surface area contributed by atoms with E-state index in [9.17, 15) is 0 Å². The Morgan fingerprint density at radius 1 is 1.29 bits per heavy atom. The zero-order valence-electron chi connectivity index (χ0n) is 12.1. The molecule has 0 saturated heterocycles. The number of ether oxygens (including phenoxy) is 1. The minimum atomic E-state index is 0.462. The van der Waals surface area contributed by atoms with Crippen molar-refractivity contribution in [2.24, 2.45) is 0 Å². The maximum atomic E-state index is 6.31. The van der Waals surface area contributed by atoms with Crippen LogP contribution in [0.25, 0.3) is 0 Å². The number of hydrogen-bond acceptors (Lipinski definition) is 3. The summed E-state index contributed by atoms with van der Waals surface area (Å²) in [6, 6.07) is 10.4. The van der Waals surface area contributed by atoms with Crippen LogP contribution in [0.15, 0.2) is 36.5 Å². The molecule has 1 saturated carbocycles. The summed E-state index contributed by atoms with van der Waals surface area (Å²) in [6.07, 6.45) is 4.31. The van der Waals surface area contributed by atoms with Gasteiger partial charge >= 0.3 is 0 Å². The van der Waals surface area contributed by atoms with Gasteiger partial charge in [0.1, 0.15) is 12.4 Å².